The molecular formula is C24H18Cl3F3N2O3S. The SMILES string of the molecule is O=C(Cc1ccc(C(F)(F)F)cc1)Nc1c(Cl)ccc2c1CCN(S(=O)(=O)c1cccc(Cl)c1Cl)C2. The number of sulfonamides is 1. The Morgan fingerprint density at radius 3 is 2.33 bits per heavy atom. The van der Waals surface area contributed by atoms with Crippen molar-refractivity contribution in [2.45, 2.75) is 30.5 Å². The molecule has 4 rings (SSSR count). The molecule has 1 amide bonds. The summed E-state index contributed by atoms with van der Waals surface area (Å²) < 4.78 is 66.0. The number of hydrogen-bond donors (Lipinski definition) is 1. The van der Waals surface area contributed by atoms with Crippen LogP contribution in [0.25, 0.3) is 0 Å². The molecule has 0 saturated carbocycles. The predicted octanol–water partition coefficient (Wildman–Crippen LogP) is 6.59. The molecule has 0 aromatic heterocycles. The van der Waals surface area contributed by atoms with Gasteiger partial charge >= 0.3 is 6.18 Å². The molecule has 0 bridgehead atoms. The Balaban J connectivity index is 1.53. The van der Waals surface area contributed by atoms with E-state index >= 15 is 0 Å². The summed E-state index contributed by atoms with van der Waals surface area (Å²) in [5.41, 5.74) is 1.29. The van der Waals surface area contributed by atoms with Crippen LogP contribution in [-0.2, 0) is 40.4 Å². The second-order valence-electron chi connectivity index (χ2n) is 8.12. The zero-order chi connectivity index (χ0) is 26.3. The Labute approximate surface area is 220 Å². The molecule has 0 radical (unpaired) electrons. The molecule has 0 atom stereocenters. The van der Waals surface area contributed by atoms with Crippen molar-refractivity contribution in [2.24, 2.45) is 0 Å². The zero-order valence-corrected chi connectivity index (χ0v) is 21.5. The monoisotopic (exact) mass is 576 g/mol. The van der Waals surface area contributed by atoms with Crippen LogP contribution in [-0.4, -0.2) is 25.2 Å². The number of nitrogens with one attached hydrogen (secondary N) is 1. The standard InChI is InChI=1S/C24H18Cl3F3N2O3S/c25-18-2-1-3-20(22(18)27)36(34,35)32-11-10-17-15(13-32)6-9-19(26)23(17)31-21(33)12-14-4-7-16(8-5-14)24(28,29)30/h1-9H,10-13H2,(H,31,33). The van der Waals surface area contributed by atoms with Gasteiger partial charge in [0.2, 0.25) is 15.9 Å². The normalized spacial score (nSPS) is 14.4. The highest BCUT2D eigenvalue weighted by molar-refractivity contribution is 7.89. The average molecular weight is 578 g/mol. The Bertz CT molecular complexity index is 1430. The first kappa shape index (κ1) is 26.8. The number of rotatable bonds is 5. The van der Waals surface area contributed by atoms with Crippen LogP contribution >= 0.6 is 34.8 Å². The maximum absolute atomic E-state index is 13.2. The average Bonchev–Trinajstić information content (AvgIpc) is 2.82. The summed E-state index contributed by atoms with van der Waals surface area (Å²) in [6.07, 6.45) is -4.36. The number of nitrogens with zero attached hydrogens (tertiary/aromatic N) is 1. The third kappa shape index (κ3) is 5.50. The Hall–Kier alpha value is -2.30. The topological polar surface area (TPSA) is 66.5 Å². The van der Waals surface area contributed by atoms with Gasteiger partial charge in [-0.15, -0.1) is 0 Å². The van der Waals surface area contributed by atoms with E-state index in [0.29, 0.717) is 22.4 Å². The van der Waals surface area contributed by atoms with Gasteiger partial charge in [0, 0.05) is 13.1 Å². The summed E-state index contributed by atoms with van der Waals surface area (Å²) in [5, 5.41) is 3.07. The molecule has 3 aromatic rings. The lowest BCUT2D eigenvalue weighted by molar-refractivity contribution is -0.137. The molecule has 1 heterocycles. The number of benzene rings is 3. The molecule has 5 nitrogen and oxygen atoms in total. The van der Waals surface area contributed by atoms with Crippen LogP contribution in [0.4, 0.5) is 18.9 Å². The van der Waals surface area contributed by atoms with Gasteiger partial charge in [-0.2, -0.15) is 17.5 Å². The van der Waals surface area contributed by atoms with Crippen LogP contribution in [0.1, 0.15) is 22.3 Å². The molecule has 3 aromatic carbocycles. The smallest absolute Gasteiger partial charge is 0.324 e. The molecular weight excluding hydrogens is 560 g/mol. The van der Waals surface area contributed by atoms with Crippen LogP contribution in [0.15, 0.2) is 59.5 Å². The fraction of sp³-hybridized carbons (Fsp3) is 0.208. The number of fused-ring (bicyclic) bond motifs is 1. The van der Waals surface area contributed by atoms with Crippen molar-refractivity contribution in [3.63, 3.8) is 0 Å². The van der Waals surface area contributed by atoms with Crippen LogP contribution < -0.4 is 5.32 Å². The van der Waals surface area contributed by atoms with Crippen molar-refractivity contribution in [3.05, 3.63) is 91.9 Å². The first-order valence-electron chi connectivity index (χ1n) is 10.6. The Morgan fingerprint density at radius 2 is 1.67 bits per heavy atom. The van der Waals surface area contributed by atoms with E-state index in [-0.39, 0.29) is 45.9 Å². The van der Waals surface area contributed by atoms with Gasteiger partial charge in [-0.1, -0.05) is 59.1 Å². The van der Waals surface area contributed by atoms with Crippen molar-refractivity contribution >= 4 is 56.4 Å². The van der Waals surface area contributed by atoms with Crippen LogP contribution in [0.2, 0.25) is 15.1 Å². The van der Waals surface area contributed by atoms with Gasteiger partial charge in [0.15, 0.2) is 0 Å². The van der Waals surface area contributed by atoms with Gasteiger partial charge in [0.25, 0.3) is 0 Å². The third-order valence-electron chi connectivity index (χ3n) is 5.76. The molecule has 1 N–H and O–H groups in total. The van der Waals surface area contributed by atoms with Crippen molar-refractivity contribution in [3.8, 4) is 0 Å². The highest BCUT2D eigenvalue weighted by Crippen LogP contribution is 2.37. The maximum Gasteiger partial charge on any atom is 0.416 e. The van der Waals surface area contributed by atoms with Gasteiger partial charge in [-0.25, -0.2) is 8.42 Å². The fourth-order valence-electron chi connectivity index (χ4n) is 3.94. The number of hydrogen-bond acceptors (Lipinski definition) is 3. The van der Waals surface area contributed by atoms with Gasteiger partial charge in [-0.3, -0.25) is 4.79 Å². The van der Waals surface area contributed by atoms with Gasteiger partial charge < -0.3 is 5.32 Å². The highest BCUT2D eigenvalue weighted by atomic mass is 35.5. The van der Waals surface area contributed by atoms with E-state index in [4.69, 9.17) is 34.8 Å². The minimum Gasteiger partial charge on any atom is -0.324 e. The molecule has 0 fully saturated rings. The summed E-state index contributed by atoms with van der Waals surface area (Å²) in [6, 6.07) is 11.9. The molecule has 190 valence electrons. The summed E-state index contributed by atoms with van der Waals surface area (Å²) in [7, 11) is -3.94. The van der Waals surface area contributed by atoms with Gasteiger partial charge in [-0.05, 0) is 53.4 Å². The van der Waals surface area contributed by atoms with Crippen molar-refractivity contribution in [1.82, 2.24) is 4.31 Å². The van der Waals surface area contributed by atoms with Crippen molar-refractivity contribution in [2.75, 3.05) is 11.9 Å². The number of carbonyl (C=O) groups excluding carboxylic acids is 1. The number of anilines is 1. The number of alkyl halides is 3. The molecule has 1 aliphatic rings. The maximum atomic E-state index is 13.2. The Kier molecular flexibility index (Phi) is 7.60. The largest absolute Gasteiger partial charge is 0.416 e. The van der Waals surface area contributed by atoms with E-state index in [1.165, 1.54) is 34.6 Å². The van der Waals surface area contributed by atoms with E-state index < -0.39 is 27.7 Å². The van der Waals surface area contributed by atoms with Crippen molar-refractivity contribution < 1.29 is 26.4 Å². The second kappa shape index (κ2) is 10.2. The molecule has 0 spiro atoms. The number of amides is 1. The quantitative estimate of drug-likeness (QED) is 0.372. The minimum atomic E-state index is -4.46. The highest BCUT2D eigenvalue weighted by Gasteiger charge is 2.32. The zero-order valence-electron chi connectivity index (χ0n) is 18.4. The first-order valence-corrected chi connectivity index (χ1v) is 13.2. The fourth-order valence-corrected chi connectivity index (χ4v) is 6.32. The van der Waals surface area contributed by atoms with Crippen LogP contribution in [0, 0.1) is 0 Å². The molecule has 1 aliphatic heterocycles. The van der Waals surface area contributed by atoms with Crippen LogP contribution in [0.3, 0.4) is 0 Å². The summed E-state index contributed by atoms with van der Waals surface area (Å²) >= 11 is 18.5. The third-order valence-corrected chi connectivity index (χ3v) is 8.89. The van der Waals surface area contributed by atoms with E-state index in [0.717, 1.165) is 12.1 Å². The van der Waals surface area contributed by atoms with Gasteiger partial charge in [0.05, 0.1) is 32.7 Å². The lowest BCUT2D eigenvalue weighted by Gasteiger charge is -2.30. The summed E-state index contributed by atoms with van der Waals surface area (Å²) in [4.78, 5) is 12.6. The molecule has 36 heavy (non-hydrogen) atoms. The molecule has 0 saturated heterocycles. The van der Waals surface area contributed by atoms with Crippen LogP contribution in [0.5, 0.6) is 0 Å². The minimum absolute atomic E-state index is 0.0272. The summed E-state index contributed by atoms with van der Waals surface area (Å²) in [5.74, 6) is -0.467. The van der Waals surface area contributed by atoms with E-state index in [1.807, 2.05) is 0 Å². The van der Waals surface area contributed by atoms with E-state index in [2.05, 4.69) is 5.32 Å². The van der Waals surface area contributed by atoms with E-state index in [9.17, 15) is 26.4 Å². The number of carbonyl (C=O) groups is 1. The Morgan fingerprint density at radius 1 is 0.972 bits per heavy atom. The van der Waals surface area contributed by atoms with E-state index in [1.54, 1.807) is 12.1 Å². The predicted molar refractivity (Wildman–Crippen MR) is 133 cm³/mol. The number of halogens is 6. The van der Waals surface area contributed by atoms with Gasteiger partial charge in [0.1, 0.15) is 4.90 Å². The summed E-state index contributed by atoms with van der Waals surface area (Å²) in [6.45, 7) is 0.139. The van der Waals surface area contributed by atoms with Crippen molar-refractivity contribution in [1.29, 1.82) is 0 Å². The molecule has 0 aliphatic carbocycles. The lowest BCUT2D eigenvalue weighted by atomic mass is 9.98. The lowest BCUT2D eigenvalue weighted by Crippen LogP contribution is -2.36. The second-order valence-corrected chi connectivity index (χ2v) is 11.2. The first-order chi connectivity index (χ1) is 16.9. The molecule has 0 unspecified atom stereocenters. The molecule has 12 heteroatoms.